The number of ether oxygens (including phenoxy) is 1. The van der Waals surface area contributed by atoms with Crippen molar-refractivity contribution in [2.75, 3.05) is 24.6 Å². The van der Waals surface area contributed by atoms with Gasteiger partial charge in [-0.3, -0.25) is 0 Å². The van der Waals surface area contributed by atoms with E-state index in [0.717, 1.165) is 4.90 Å². The van der Waals surface area contributed by atoms with Crippen LogP contribution in [0.25, 0.3) is 0 Å². The highest BCUT2D eigenvalue weighted by Gasteiger charge is 2.30. The first-order valence-corrected chi connectivity index (χ1v) is 5.82. The van der Waals surface area contributed by atoms with Crippen molar-refractivity contribution in [1.82, 2.24) is 4.98 Å². The van der Waals surface area contributed by atoms with Gasteiger partial charge in [0.15, 0.2) is 0 Å². The van der Waals surface area contributed by atoms with Crippen LogP contribution in [-0.2, 0) is 4.74 Å². The normalized spacial score (nSPS) is 11.2. The number of halogens is 3. The van der Waals surface area contributed by atoms with Gasteiger partial charge < -0.3 is 9.64 Å². The molecule has 106 valence electrons. The van der Waals surface area contributed by atoms with E-state index in [0.29, 0.717) is 0 Å². The second-order valence-corrected chi connectivity index (χ2v) is 3.75. The molecule has 0 N–H and O–H groups in total. The first-order valence-electron chi connectivity index (χ1n) is 5.82. The third kappa shape index (κ3) is 4.76. The summed E-state index contributed by atoms with van der Waals surface area (Å²) in [6.07, 6.45) is -3.08. The topological polar surface area (TPSA) is 42.4 Å². The molecule has 0 radical (unpaired) electrons. The highest BCUT2D eigenvalue weighted by atomic mass is 19.4. The smallest absolute Gasteiger partial charge is 0.405 e. The number of carbonyl (C=O) groups excluding carboxylic acids is 1. The Morgan fingerprint density at radius 3 is 2.47 bits per heavy atom. The van der Waals surface area contributed by atoms with Crippen molar-refractivity contribution < 1.29 is 22.7 Å². The van der Waals surface area contributed by atoms with Gasteiger partial charge in [-0.05, 0) is 26.0 Å². The summed E-state index contributed by atoms with van der Waals surface area (Å²) < 4.78 is 41.8. The maximum absolute atomic E-state index is 12.3. The van der Waals surface area contributed by atoms with Gasteiger partial charge in [-0.2, -0.15) is 13.2 Å². The number of nitrogens with zero attached hydrogens (tertiary/aromatic N) is 2. The Morgan fingerprint density at radius 1 is 1.37 bits per heavy atom. The minimum atomic E-state index is -4.29. The largest absolute Gasteiger partial charge is 0.462 e. The number of rotatable bonds is 5. The van der Waals surface area contributed by atoms with Crippen molar-refractivity contribution in [2.45, 2.75) is 20.0 Å². The van der Waals surface area contributed by atoms with Crippen LogP contribution < -0.4 is 4.90 Å². The molecule has 0 spiro atoms. The number of anilines is 1. The zero-order valence-corrected chi connectivity index (χ0v) is 10.7. The minimum Gasteiger partial charge on any atom is -0.462 e. The number of esters is 1. The number of pyridine rings is 1. The molecule has 19 heavy (non-hydrogen) atoms. The number of hydrogen-bond donors (Lipinski definition) is 0. The molecule has 4 nitrogen and oxygen atoms in total. The Hall–Kier alpha value is -1.79. The van der Waals surface area contributed by atoms with E-state index in [-0.39, 0.29) is 24.5 Å². The molecule has 0 aromatic carbocycles. The van der Waals surface area contributed by atoms with Crippen molar-refractivity contribution in [3.63, 3.8) is 0 Å². The first-order chi connectivity index (χ1) is 8.87. The predicted molar refractivity (Wildman–Crippen MR) is 64.1 cm³/mol. The first kappa shape index (κ1) is 15.3. The monoisotopic (exact) mass is 276 g/mol. The quantitative estimate of drug-likeness (QED) is 0.775. The molecular weight excluding hydrogens is 261 g/mol. The van der Waals surface area contributed by atoms with Gasteiger partial charge in [0, 0.05) is 12.7 Å². The van der Waals surface area contributed by atoms with Gasteiger partial charge >= 0.3 is 12.1 Å². The van der Waals surface area contributed by atoms with Crippen molar-refractivity contribution >= 4 is 11.8 Å². The Bertz CT molecular complexity index is 418. The number of aromatic nitrogens is 1. The fraction of sp³-hybridized carbons (Fsp3) is 0.500. The lowest BCUT2D eigenvalue weighted by molar-refractivity contribution is -0.119. The molecule has 0 aliphatic carbocycles. The Morgan fingerprint density at radius 2 is 2.05 bits per heavy atom. The lowest BCUT2D eigenvalue weighted by atomic mass is 10.3. The molecule has 0 unspecified atom stereocenters. The average molecular weight is 276 g/mol. The molecular formula is C12H15F3N2O2. The van der Waals surface area contributed by atoms with E-state index in [9.17, 15) is 18.0 Å². The van der Waals surface area contributed by atoms with Crippen LogP contribution in [0.4, 0.5) is 19.0 Å². The number of hydrogen-bond acceptors (Lipinski definition) is 4. The second-order valence-electron chi connectivity index (χ2n) is 3.75. The molecule has 0 fully saturated rings. The van der Waals surface area contributed by atoms with Crippen molar-refractivity contribution in [1.29, 1.82) is 0 Å². The zero-order valence-electron chi connectivity index (χ0n) is 10.7. The lowest BCUT2D eigenvalue weighted by Crippen LogP contribution is -2.34. The van der Waals surface area contributed by atoms with E-state index >= 15 is 0 Å². The summed E-state index contributed by atoms with van der Waals surface area (Å²) in [7, 11) is 0. The summed E-state index contributed by atoms with van der Waals surface area (Å²) in [5.74, 6) is -0.367. The molecule has 1 heterocycles. The summed E-state index contributed by atoms with van der Waals surface area (Å²) in [4.78, 5) is 16.3. The maximum atomic E-state index is 12.3. The molecule has 0 bridgehead atoms. The van der Waals surface area contributed by atoms with Crippen LogP contribution >= 0.6 is 0 Å². The fourth-order valence-electron chi connectivity index (χ4n) is 1.48. The summed E-state index contributed by atoms with van der Waals surface area (Å²) in [5.41, 5.74) is 0.216. The highest BCUT2D eigenvalue weighted by Crippen LogP contribution is 2.20. The van der Waals surface area contributed by atoms with Gasteiger partial charge in [0.05, 0.1) is 12.2 Å². The lowest BCUT2D eigenvalue weighted by Gasteiger charge is -2.23. The van der Waals surface area contributed by atoms with Gasteiger partial charge in [-0.15, -0.1) is 0 Å². The van der Waals surface area contributed by atoms with E-state index in [1.165, 1.54) is 18.3 Å². The van der Waals surface area contributed by atoms with Crippen LogP contribution in [0.15, 0.2) is 18.3 Å². The summed E-state index contributed by atoms with van der Waals surface area (Å²) in [5, 5.41) is 0. The SMILES string of the molecule is CCOC(=O)c1ccc(N(CC)CC(F)(F)F)nc1. The van der Waals surface area contributed by atoms with E-state index < -0.39 is 18.7 Å². The summed E-state index contributed by atoms with van der Waals surface area (Å²) in [6, 6.07) is 2.78. The van der Waals surface area contributed by atoms with Gasteiger partial charge in [0.25, 0.3) is 0 Å². The van der Waals surface area contributed by atoms with Gasteiger partial charge in [0.2, 0.25) is 0 Å². The molecule has 0 saturated heterocycles. The Labute approximate surface area is 109 Å². The van der Waals surface area contributed by atoms with Gasteiger partial charge in [-0.1, -0.05) is 0 Å². The molecule has 7 heteroatoms. The maximum Gasteiger partial charge on any atom is 0.405 e. The number of carbonyl (C=O) groups is 1. The van der Waals surface area contributed by atoms with Crippen molar-refractivity contribution in [3.05, 3.63) is 23.9 Å². The standard InChI is InChI=1S/C12H15F3N2O2/c1-3-17(8-12(13,14)15)10-6-5-9(7-16-10)11(18)19-4-2/h5-7H,3-4,8H2,1-2H3. The predicted octanol–water partition coefficient (Wildman–Crippen LogP) is 2.65. The van der Waals surface area contributed by atoms with Crippen LogP contribution in [0.3, 0.4) is 0 Å². The van der Waals surface area contributed by atoms with Crippen LogP contribution in [-0.4, -0.2) is 36.8 Å². The van der Waals surface area contributed by atoms with Gasteiger partial charge in [-0.25, -0.2) is 9.78 Å². The molecule has 1 rings (SSSR count). The minimum absolute atomic E-state index is 0.172. The molecule has 0 saturated carbocycles. The Kier molecular flexibility index (Phi) is 5.14. The number of alkyl halides is 3. The molecule has 1 aromatic rings. The molecule has 0 amide bonds. The Balaban J connectivity index is 2.81. The van der Waals surface area contributed by atoms with Crippen LogP contribution in [0.5, 0.6) is 0 Å². The van der Waals surface area contributed by atoms with Crippen LogP contribution in [0.1, 0.15) is 24.2 Å². The molecule has 0 aliphatic rings. The highest BCUT2D eigenvalue weighted by molar-refractivity contribution is 5.89. The van der Waals surface area contributed by atoms with Crippen molar-refractivity contribution in [2.24, 2.45) is 0 Å². The van der Waals surface area contributed by atoms with Crippen LogP contribution in [0, 0.1) is 0 Å². The van der Waals surface area contributed by atoms with Gasteiger partial charge in [0.1, 0.15) is 12.4 Å². The van der Waals surface area contributed by atoms with E-state index in [1.807, 2.05) is 0 Å². The zero-order chi connectivity index (χ0) is 14.5. The van der Waals surface area contributed by atoms with E-state index in [4.69, 9.17) is 4.74 Å². The summed E-state index contributed by atoms with van der Waals surface area (Å²) >= 11 is 0. The van der Waals surface area contributed by atoms with E-state index in [1.54, 1.807) is 13.8 Å². The molecule has 0 atom stereocenters. The summed E-state index contributed by atoms with van der Waals surface area (Å²) in [6.45, 7) is 2.60. The average Bonchev–Trinajstić information content (AvgIpc) is 2.35. The molecule has 0 aliphatic heterocycles. The third-order valence-electron chi connectivity index (χ3n) is 2.33. The third-order valence-corrected chi connectivity index (χ3v) is 2.33. The molecule has 1 aromatic heterocycles. The second kappa shape index (κ2) is 6.40. The fourth-order valence-corrected chi connectivity index (χ4v) is 1.48. The van der Waals surface area contributed by atoms with Crippen molar-refractivity contribution in [3.8, 4) is 0 Å². The van der Waals surface area contributed by atoms with Crippen LogP contribution in [0.2, 0.25) is 0 Å². The van der Waals surface area contributed by atoms with E-state index in [2.05, 4.69) is 4.98 Å².